The molecule has 0 saturated carbocycles. The number of ether oxygens (including phenoxy) is 2. The van der Waals surface area contributed by atoms with Crippen molar-refractivity contribution in [1.29, 1.82) is 0 Å². The molecule has 0 fully saturated rings. The molecule has 0 amide bonds. The molecule has 148 valence electrons. The summed E-state index contributed by atoms with van der Waals surface area (Å²) in [7, 11) is 9.38. The van der Waals surface area contributed by atoms with Crippen molar-refractivity contribution in [2.75, 3.05) is 61.5 Å². The van der Waals surface area contributed by atoms with Gasteiger partial charge in [0.1, 0.15) is 0 Å². The maximum absolute atomic E-state index is 5.38. The van der Waals surface area contributed by atoms with Gasteiger partial charge in [0.2, 0.25) is 0 Å². The van der Waals surface area contributed by atoms with E-state index in [1.165, 1.54) is 18.4 Å². The van der Waals surface area contributed by atoms with E-state index < -0.39 is 0 Å². The standard InChI is InChI=1S/C20H36N4O2/c1-7-8-13-23(3)15-12-22-20(21-2)24(4)14-11-17-9-10-18(25-5)19(16-17)26-6/h9-10,16H,7-8,11-15H2,1-6H3,(H,21,22). The second kappa shape index (κ2) is 12.4. The molecule has 0 unspecified atom stereocenters. The van der Waals surface area contributed by atoms with Gasteiger partial charge in [0.15, 0.2) is 17.5 Å². The molecule has 6 nitrogen and oxygen atoms in total. The van der Waals surface area contributed by atoms with Crippen molar-refractivity contribution in [3.63, 3.8) is 0 Å². The predicted octanol–water partition coefficient (Wildman–Crippen LogP) is 2.49. The van der Waals surface area contributed by atoms with Gasteiger partial charge in [-0.05, 0) is 44.1 Å². The summed E-state index contributed by atoms with van der Waals surface area (Å²) in [4.78, 5) is 8.90. The van der Waals surface area contributed by atoms with E-state index in [1.54, 1.807) is 14.2 Å². The van der Waals surface area contributed by atoms with E-state index in [1.807, 2.05) is 19.2 Å². The van der Waals surface area contributed by atoms with Crippen LogP contribution in [0.3, 0.4) is 0 Å². The van der Waals surface area contributed by atoms with Gasteiger partial charge in [-0.3, -0.25) is 4.99 Å². The number of hydrogen-bond donors (Lipinski definition) is 1. The normalized spacial score (nSPS) is 11.6. The van der Waals surface area contributed by atoms with Crippen molar-refractivity contribution < 1.29 is 9.47 Å². The van der Waals surface area contributed by atoms with Gasteiger partial charge in [-0.2, -0.15) is 0 Å². The molecule has 0 saturated heterocycles. The number of nitrogens with one attached hydrogen (secondary N) is 1. The highest BCUT2D eigenvalue weighted by atomic mass is 16.5. The van der Waals surface area contributed by atoms with Gasteiger partial charge in [0, 0.05) is 33.7 Å². The molecule has 0 radical (unpaired) electrons. The molecular weight excluding hydrogens is 328 g/mol. The fourth-order valence-electron chi connectivity index (χ4n) is 2.72. The molecule has 0 aliphatic carbocycles. The summed E-state index contributed by atoms with van der Waals surface area (Å²) in [6.07, 6.45) is 3.39. The summed E-state index contributed by atoms with van der Waals surface area (Å²) in [5.74, 6) is 2.45. The summed E-state index contributed by atoms with van der Waals surface area (Å²) in [6, 6.07) is 6.06. The first kappa shape index (κ1) is 22.1. The minimum Gasteiger partial charge on any atom is -0.493 e. The molecule has 0 bridgehead atoms. The van der Waals surface area contributed by atoms with Crippen LogP contribution in [0.25, 0.3) is 0 Å². The van der Waals surface area contributed by atoms with Crippen LogP contribution < -0.4 is 14.8 Å². The molecular formula is C20H36N4O2. The molecule has 1 aromatic carbocycles. The number of benzene rings is 1. The Hall–Kier alpha value is -1.95. The summed E-state index contributed by atoms with van der Waals surface area (Å²) in [5, 5.41) is 3.44. The largest absolute Gasteiger partial charge is 0.493 e. The van der Waals surface area contributed by atoms with E-state index >= 15 is 0 Å². The fraction of sp³-hybridized carbons (Fsp3) is 0.650. The SMILES string of the molecule is CCCCN(C)CCNC(=NC)N(C)CCc1ccc(OC)c(OC)c1. The number of methoxy groups -OCH3 is 2. The van der Waals surface area contributed by atoms with Gasteiger partial charge >= 0.3 is 0 Å². The Balaban J connectivity index is 2.46. The molecule has 1 aromatic rings. The lowest BCUT2D eigenvalue weighted by Gasteiger charge is -2.23. The van der Waals surface area contributed by atoms with Gasteiger partial charge in [-0.15, -0.1) is 0 Å². The van der Waals surface area contributed by atoms with Crippen LogP contribution in [0.2, 0.25) is 0 Å². The third-order valence-corrected chi connectivity index (χ3v) is 4.43. The van der Waals surface area contributed by atoms with Crippen LogP contribution in [0.5, 0.6) is 11.5 Å². The highest BCUT2D eigenvalue weighted by Gasteiger charge is 2.08. The van der Waals surface area contributed by atoms with Crippen LogP contribution >= 0.6 is 0 Å². The van der Waals surface area contributed by atoms with Crippen LogP contribution in [0.1, 0.15) is 25.3 Å². The van der Waals surface area contributed by atoms with Crippen molar-refractivity contribution in [2.45, 2.75) is 26.2 Å². The smallest absolute Gasteiger partial charge is 0.193 e. The number of guanidine groups is 1. The molecule has 0 aromatic heterocycles. The molecule has 26 heavy (non-hydrogen) atoms. The molecule has 0 heterocycles. The Morgan fingerprint density at radius 2 is 1.81 bits per heavy atom. The van der Waals surface area contributed by atoms with Crippen molar-refractivity contribution in [2.24, 2.45) is 4.99 Å². The van der Waals surface area contributed by atoms with E-state index in [0.717, 1.165) is 50.1 Å². The van der Waals surface area contributed by atoms with Gasteiger partial charge in [-0.1, -0.05) is 19.4 Å². The zero-order chi connectivity index (χ0) is 19.4. The number of rotatable bonds is 11. The zero-order valence-electron chi connectivity index (χ0n) is 17.3. The molecule has 0 spiro atoms. The lowest BCUT2D eigenvalue weighted by atomic mass is 10.1. The third kappa shape index (κ3) is 7.52. The first-order valence-corrected chi connectivity index (χ1v) is 9.36. The second-order valence-corrected chi connectivity index (χ2v) is 6.49. The average Bonchev–Trinajstić information content (AvgIpc) is 2.67. The number of hydrogen-bond acceptors (Lipinski definition) is 4. The first-order chi connectivity index (χ1) is 12.5. The van der Waals surface area contributed by atoms with Crippen molar-refractivity contribution >= 4 is 5.96 Å². The van der Waals surface area contributed by atoms with Crippen LogP contribution in [0, 0.1) is 0 Å². The Kier molecular flexibility index (Phi) is 10.5. The van der Waals surface area contributed by atoms with Gasteiger partial charge < -0.3 is 24.6 Å². The van der Waals surface area contributed by atoms with Gasteiger partial charge in [0.25, 0.3) is 0 Å². The molecule has 0 atom stereocenters. The van der Waals surface area contributed by atoms with E-state index in [4.69, 9.17) is 9.47 Å². The highest BCUT2D eigenvalue weighted by molar-refractivity contribution is 5.79. The van der Waals surface area contributed by atoms with Crippen LogP contribution in [0.15, 0.2) is 23.2 Å². The van der Waals surface area contributed by atoms with Crippen molar-refractivity contribution in [1.82, 2.24) is 15.1 Å². The maximum Gasteiger partial charge on any atom is 0.193 e. The first-order valence-electron chi connectivity index (χ1n) is 9.36. The number of aliphatic imine (C=N–C) groups is 1. The Morgan fingerprint density at radius 1 is 1.08 bits per heavy atom. The topological polar surface area (TPSA) is 49.3 Å². The third-order valence-electron chi connectivity index (χ3n) is 4.43. The van der Waals surface area contributed by atoms with E-state index in [0.29, 0.717) is 0 Å². The monoisotopic (exact) mass is 364 g/mol. The molecule has 6 heteroatoms. The number of unbranched alkanes of at least 4 members (excludes halogenated alkanes) is 1. The highest BCUT2D eigenvalue weighted by Crippen LogP contribution is 2.27. The zero-order valence-corrected chi connectivity index (χ0v) is 17.3. The van der Waals surface area contributed by atoms with Crippen LogP contribution in [0.4, 0.5) is 0 Å². The quantitative estimate of drug-likeness (QED) is 0.483. The Bertz CT molecular complexity index is 549. The second-order valence-electron chi connectivity index (χ2n) is 6.49. The summed E-state index contributed by atoms with van der Waals surface area (Å²) < 4.78 is 10.7. The van der Waals surface area contributed by atoms with Crippen LogP contribution in [-0.4, -0.2) is 77.3 Å². The number of likely N-dealkylation sites (N-methyl/N-ethyl adjacent to an activating group) is 2. The average molecular weight is 365 g/mol. The molecule has 0 aliphatic heterocycles. The van der Waals surface area contributed by atoms with Crippen molar-refractivity contribution in [3.8, 4) is 11.5 Å². The minimum atomic E-state index is 0.759. The summed E-state index contributed by atoms with van der Waals surface area (Å²) in [5.41, 5.74) is 1.21. The van der Waals surface area contributed by atoms with Gasteiger partial charge in [0.05, 0.1) is 14.2 Å². The van der Waals surface area contributed by atoms with Crippen molar-refractivity contribution in [3.05, 3.63) is 23.8 Å². The maximum atomic E-state index is 5.38. The molecule has 1 N–H and O–H groups in total. The summed E-state index contributed by atoms with van der Waals surface area (Å²) >= 11 is 0. The van der Waals surface area contributed by atoms with Gasteiger partial charge in [-0.25, -0.2) is 0 Å². The molecule has 1 rings (SSSR count). The fourth-order valence-corrected chi connectivity index (χ4v) is 2.72. The van der Waals surface area contributed by atoms with E-state index in [2.05, 4.69) is 47.2 Å². The molecule has 0 aliphatic rings. The minimum absolute atomic E-state index is 0.759. The predicted molar refractivity (Wildman–Crippen MR) is 110 cm³/mol. The lowest BCUT2D eigenvalue weighted by Crippen LogP contribution is -2.42. The van der Waals surface area contributed by atoms with Crippen LogP contribution in [-0.2, 0) is 6.42 Å². The lowest BCUT2D eigenvalue weighted by molar-refractivity contribution is 0.330. The Labute approximate surface area is 159 Å². The summed E-state index contributed by atoms with van der Waals surface area (Å²) in [6.45, 7) is 6.16. The Morgan fingerprint density at radius 3 is 2.42 bits per heavy atom. The van der Waals surface area contributed by atoms with E-state index in [9.17, 15) is 0 Å². The number of nitrogens with zero attached hydrogens (tertiary/aromatic N) is 3. The van der Waals surface area contributed by atoms with E-state index in [-0.39, 0.29) is 0 Å².